The molecule has 0 aliphatic carbocycles. The molecule has 0 saturated carbocycles. The third-order valence-corrected chi connectivity index (χ3v) is 4.57. The molecule has 2 rings (SSSR count). The van der Waals surface area contributed by atoms with Crippen LogP contribution in [0.2, 0.25) is 0 Å². The van der Waals surface area contributed by atoms with Gasteiger partial charge in [0.05, 0.1) is 0 Å². The van der Waals surface area contributed by atoms with Crippen molar-refractivity contribution in [1.29, 1.82) is 0 Å². The molecule has 1 heterocycles. The summed E-state index contributed by atoms with van der Waals surface area (Å²) in [6.07, 6.45) is 1.19. The zero-order valence-corrected chi connectivity index (χ0v) is 14.1. The lowest BCUT2D eigenvalue weighted by atomic mass is 10.1. The van der Waals surface area contributed by atoms with E-state index in [-0.39, 0.29) is 0 Å². The maximum Gasteiger partial charge on any atom is 0.0254 e. The second-order valence-corrected chi connectivity index (χ2v) is 6.65. The molecule has 3 nitrogen and oxygen atoms in total. The summed E-state index contributed by atoms with van der Waals surface area (Å²) in [6.45, 7) is 10.1. The molecular formula is C18H31N3. The van der Waals surface area contributed by atoms with E-state index in [0.717, 1.165) is 25.6 Å². The van der Waals surface area contributed by atoms with Crippen LogP contribution in [0.3, 0.4) is 0 Å². The normalized spacial score (nSPS) is 23.1. The lowest BCUT2D eigenvalue weighted by Crippen LogP contribution is -2.34. The van der Waals surface area contributed by atoms with Gasteiger partial charge < -0.3 is 10.2 Å². The van der Waals surface area contributed by atoms with Crippen molar-refractivity contribution in [2.75, 3.05) is 33.7 Å². The highest BCUT2D eigenvalue weighted by molar-refractivity contribution is 5.27. The van der Waals surface area contributed by atoms with Crippen molar-refractivity contribution in [2.24, 2.45) is 5.92 Å². The van der Waals surface area contributed by atoms with E-state index < -0.39 is 0 Å². The number of rotatable bonds is 7. The van der Waals surface area contributed by atoms with Gasteiger partial charge in [-0.25, -0.2) is 0 Å². The topological polar surface area (TPSA) is 18.5 Å². The Morgan fingerprint density at radius 1 is 1.19 bits per heavy atom. The summed E-state index contributed by atoms with van der Waals surface area (Å²) >= 11 is 0. The van der Waals surface area contributed by atoms with E-state index in [1.165, 1.54) is 30.6 Å². The van der Waals surface area contributed by atoms with Gasteiger partial charge in [-0.05, 0) is 44.1 Å². The van der Waals surface area contributed by atoms with Crippen LogP contribution in [0.25, 0.3) is 0 Å². The van der Waals surface area contributed by atoms with Crippen molar-refractivity contribution in [2.45, 2.75) is 39.4 Å². The Bertz CT molecular complexity index is 430. The van der Waals surface area contributed by atoms with Crippen molar-refractivity contribution in [3.8, 4) is 0 Å². The fourth-order valence-corrected chi connectivity index (χ4v) is 3.37. The van der Waals surface area contributed by atoms with Crippen LogP contribution in [0.15, 0.2) is 24.3 Å². The Balaban J connectivity index is 1.97. The quantitative estimate of drug-likeness (QED) is 0.778. The minimum atomic E-state index is 0.690. The second-order valence-electron chi connectivity index (χ2n) is 6.65. The molecule has 3 heteroatoms. The minimum absolute atomic E-state index is 0.690. The molecule has 118 valence electrons. The highest BCUT2D eigenvalue weighted by Crippen LogP contribution is 2.22. The van der Waals surface area contributed by atoms with Gasteiger partial charge in [0.25, 0.3) is 0 Å². The van der Waals surface area contributed by atoms with Gasteiger partial charge in [0.15, 0.2) is 0 Å². The van der Waals surface area contributed by atoms with E-state index in [0.29, 0.717) is 6.04 Å². The zero-order chi connectivity index (χ0) is 15.2. The van der Waals surface area contributed by atoms with Gasteiger partial charge in [-0.3, -0.25) is 4.90 Å². The first-order valence-electron chi connectivity index (χ1n) is 8.28. The molecule has 2 unspecified atom stereocenters. The number of nitrogens with one attached hydrogen (secondary N) is 1. The lowest BCUT2D eigenvalue weighted by Gasteiger charge is -2.23. The van der Waals surface area contributed by atoms with Crippen molar-refractivity contribution < 1.29 is 0 Å². The smallest absolute Gasteiger partial charge is 0.0254 e. The highest BCUT2D eigenvalue weighted by atomic mass is 15.2. The zero-order valence-electron chi connectivity index (χ0n) is 14.1. The van der Waals surface area contributed by atoms with Crippen molar-refractivity contribution >= 4 is 0 Å². The van der Waals surface area contributed by atoms with Gasteiger partial charge in [-0.2, -0.15) is 0 Å². The average Bonchev–Trinajstić information content (AvgIpc) is 2.82. The summed E-state index contributed by atoms with van der Waals surface area (Å²) < 4.78 is 0. The molecule has 1 aliphatic rings. The summed E-state index contributed by atoms with van der Waals surface area (Å²) in [4.78, 5) is 4.98. The van der Waals surface area contributed by atoms with E-state index in [1.54, 1.807) is 0 Å². The summed E-state index contributed by atoms with van der Waals surface area (Å²) in [7, 11) is 4.40. The molecule has 1 fully saturated rings. The molecular weight excluding hydrogens is 258 g/mol. The van der Waals surface area contributed by atoms with Crippen molar-refractivity contribution in [3.05, 3.63) is 35.4 Å². The fraction of sp³-hybridized carbons (Fsp3) is 0.667. The molecule has 0 bridgehead atoms. The third kappa shape index (κ3) is 4.53. The molecule has 1 aromatic carbocycles. The number of benzene rings is 1. The van der Waals surface area contributed by atoms with Gasteiger partial charge >= 0.3 is 0 Å². The molecule has 0 aromatic heterocycles. The number of likely N-dealkylation sites (tertiary alicyclic amines) is 1. The molecule has 1 aliphatic heterocycles. The van der Waals surface area contributed by atoms with Gasteiger partial charge in [0.1, 0.15) is 0 Å². The molecule has 0 radical (unpaired) electrons. The third-order valence-electron chi connectivity index (χ3n) is 4.57. The first-order valence-corrected chi connectivity index (χ1v) is 8.28. The van der Waals surface area contributed by atoms with Gasteiger partial charge in [0, 0.05) is 32.2 Å². The van der Waals surface area contributed by atoms with Gasteiger partial charge in [-0.15, -0.1) is 0 Å². The van der Waals surface area contributed by atoms with E-state index in [9.17, 15) is 0 Å². The number of hydrogen-bond donors (Lipinski definition) is 1. The summed E-state index contributed by atoms with van der Waals surface area (Å²) in [5, 5.41) is 3.53. The van der Waals surface area contributed by atoms with Crippen molar-refractivity contribution in [1.82, 2.24) is 15.1 Å². The van der Waals surface area contributed by atoms with Crippen LogP contribution < -0.4 is 5.32 Å². The van der Waals surface area contributed by atoms with Crippen molar-refractivity contribution in [3.63, 3.8) is 0 Å². The molecule has 1 saturated heterocycles. The number of nitrogens with zero attached hydrogens (tertiary/aromatic N) is 2. The largest absolute Gasteiger partial charge is 0.313 e. The van der Waals surface area contributed by atoms with Crippen LogP contribution in [0.4, 0.5) is 0 Å². The van der Waals surface area contributed by atoms with Gasteiger partial charge in [0.2, 0.25) is 0 Å². The summed E-state index contributed by atoms with van der Waals surface area (Å²) in [6, 6.07) is 9.57. The molecule has 1 N–H and O–H groups in total. The molecule has 21 heavy (non-hydrogen) atoms. The maximum atomic E-state index is 3.53. The maximum absolute atomic E-state index is 3.53. The van der Waals surface area contributed by atoms with Crippen LogP contribution in [-0.4, -0.2) is 49.6 Å². The predicted molar refractivity (Wildman–Crippen MR) is 90.4 cm³/mol. The van der Waals surface area contributed by atoms with E-state index in [4.69, 9.17) is 0 Å². The van der Waals surface area contributed by atoms with Crippen LogP contribution in [-0.2, 0) is 13.1 Å². The van der Waals surface area contributed by atoms with E-state index in [2.05, 4.69) is 67.3 Å². The molecule has 1 aromatic rings. The summed E-state index contributed by atoms with van der Waals surface area (Å²) in [5.41, 5.74) is 2.93. The summed E-state index contributed by atoms with van der Waals surface area (Å²) in [5.74, 6) is 0.755. The Kier molecular flexibility index (Phi) is 6.22. The Labute approximate surface area is 130 Å². The van der Waals surface area contributed by atoms with Crippen LogP contribution in [0, 0.1) is 5.92 Å². The van der Waals surface area contributed by atoms with E-state index >= 15 is 0 Å². The monoisotopic (exact) mass is 289 g/mol. The van der Waals surface area contributed by atoms with Crippen LogP contribution >= 0.6 is 0 Å². The second kappa shape index (κ2) is 7.92. The Morgan fingerprint density at radius 2 is 1.90 bits per heavy atom. The predicted octanol–water partition coefficient (Wildman–Crippen LogP) is 2.57. The Morgan fingerprint density at radius 3 is 2.52 bits per heavy atom. The molecule has 0 amide bonds. The SMILES string of the molecule is CCCNCc1ccccc1CN1CC(C)C(N(C)C)C1. The number of likely N-dealkylation sites (N-methyl/N-ethyl adjacent to an activating group) is 1. The highest BCUT2D eigenvalue weighted by Gasteiger charge is 2.30. The van der Waals surface area contributed by atoms with E-state index in [1.807, 2.05) is 0 Å². The molecule has 2 atom stereocenters. The van der Waals surface area contributed by atoms with Crippen LogP contribution in [0.1, 0.15) is 31.4 Å². The minimum Gasteiger partial charge on any atom is -0.313 e. The lowest BCUT2D eigenvalue weighted by molar-refractivity contribution is 0.250. The average molecular weight is 289 g/mol. The first-order chi connectivity index (χ1) is 10.1. The molecule has 0 spiro atoms. The Hall–Kier alpha value is -0.900. The van der Waals surface area contributed by atoms with Crippen LogP contribution in [0.5, 0.6) is 0 Å². The van der Waals surface area contributed by atoms with Gasteiger partial charge in [-0.1, -0.05) is 38.1 Å². The number of hydrogen-bond acceptors (Lipinski definition) is 3. The standard InChI is InChI=1S/C18H31N3/c1-5-10-19-11-16-8-6-7-9-17(16)13-21-12-15(2)18(14-21)20(3)4/h6-9,15,18-19H,5,10-14H2,1-4H3. The fourth-order valence-electron chi connectivity index (χ4n) is 3.37. The first kappa shape index (κ1) is 16.5.